The van der Waals surface area contributed by atoms with E-state index in [0.29, 0.717) is 0 Å². The third-order valence-corrected chi connectivity index (χ3v) is 14.3. The number of hydrogen-bond acceptors (Lipinski definition) is 0. The van der Waals surface area contributed by atoms with Gasteiger partial charge in [0.1, 0.15) is 8.07 Å². The van der Waals surface area contributed by atoms with Crippen molar-refractivity contribution in [2.45, 2.75) is 91.1 Å². The van der Waals surface area contributed by atoms with Crippen molar-refractivity contribution in [2.75, 3.05) is 0 Å². The third kappa shape index (κ3) is 3.32. The van der Waals surface area contributed by atoms with Gasteiger partial charge < -0.3 is 0 Å². The smallest absolute Gasteiger partial charge is 0.0686 e. The molecule has 4 aliphatic rings. The van der Waals surface area contributed by atoms with Crippen LogP contribution in [0.4, 0.5) is 0 Å². The summed E-state index contributed by atoms with van der Waals surface area (Å²) in [5.74, 6) is 0. The SMILES string of the molecule is CC1=C([Si](C)(C)C2=C(C)Cc3c2cc(Br)c2c3CCCC2)c2cc(Br)c3c(c2C1)CCCC3. The van der Waals surface area contributed by atoms with Crippen molar-refractivity contribution in [3.63, 3.8) is 0 Å². The number of allylic oxidation sites excluding steroid dienone is 2. The van der Waals surface area contributed by atoms with Crippen LogP contribution in [0.5, 0.6) is 0 Å². The molecule has 172 valence electrons. The number of halogens is 2. The molecule has 33 heavy (non-hydrogen) atoms. The molecular weight excluding hydrogens is 548 g/mol. The zero-order valence-electron chi connectivity index (χ0n) is 20.5. The van der Waals surface area contributed by atoms with Gasteiger partial charge >= 0.3 is 0 Å². The van der Waals surface area contributed by atoms with Crippen LogP contribution in [0.2, 0.25) is 13.1 Å². The van der Waals surface area contributed by atoms with E-state index in [1.54, 1.807) is 66.0 Å². The lowest BCUT2D eigenvalue weighted by atomic mass is 9.86. The molecule has 0 radical (unpaired) electrons. The van der Waals surface area contributed by atoms with Crippen LogP contribution in [0.25, 0.3) is 10.4 Å². The molecule has 0 fully saturated rings. The van der Waals surface area contributed by atoms with Crippen LogP contribution in [-0.2, 0) is 38.5 Å². The van der Waals surface area contributed by atoms with Gasteiger partial charge in [-0.3, -0.25) is 0 Å². The third-order valence-electron chi connectivity index (χ3n) is 8.96. The minimum atomic E-state index is -1.88. The van der Waals surface area contributed by atoms with E-state index in [0.717, 1.165) is 0 Å². The predicted octanol–water partition coefficient (Wildman–Crippen LogP) is 9.12. The lowest BCUT2D eigenvalue weighted by molar-refractivity contribution is 0.677. The summed E-state index contributed by atoms with van der Waals surface area (Å²) < 4.78 is 2.73. The highest BCUT2D eigenvalue weighted by molar-refractivity contribution is 9.10. The van der Waals surface area contributed by atoms with E-state index in [4.69, 9.17) is 0 Å². The van der Waals surface area contributed by atoms with Gasteiger partial charge in [-0.15, -0.1) is 0 Å². The van der Waals surface area contributed by atoms with E-state index in [-0.39, 0.29) is 0 Å². The molecule has 0 N–H and O–H groups in total. The number of hydrogen-bond donors (Lipinski definition) is 0. The molecular formula is C30H34Br2Si. The fourth-order valence-electron chi connectivity index (χ4n) is 7.81. The topological polar surface area (TPSA) is 0 Å². The van der Waals surface area contributed by atoms with E-state index >= 15 is 0 Å². The van der Waals surface area contributed by atoms with Crippen molar-refractivity contribution in [3.05, 3.63) is 76.7 Å². The number of benzene rings is 2. The maximum Gasteiger partial charge on any atom is 0.113 e. The largest absolute Gasteiger partial charge is 0.113 e. The predicted molar refractivity (Wildman–Crippen MR) is 152 cm³/mol. The maximum atomic E-state index is 4.00. The molecule has 0 nitrogen and oxygen atoms in total. The summed E-state index contributed by atoms with van der Waals surface area (Å²) in [6, 6.07) is 5.02. The Labute approximate surface area is 217 Å². The molecule has 0 spiro atoms. The molecule has 2 aromatic carbocycles. The van der Waals surface area contributed by atoms with E-state index in [2.05, 4.69) is 70.9 Å². The second-order valence-corrected chi connectivity index (χ2v) is 17.3. The van der Waals surface area contributed by atoms with Gasteiger partial charge in [-0.2, -0.15) is 0 Å². The first kappa shape index (κ1) is 22.6. The van der Waals surface area contributed by atoms with Gasteiger partial charge in [0.2, 0.25) is 0 Å². The van der Waals surface area contributed by atoms with Gasteiger partial charge in [0.15, 0.2) is 0 Å². The second-order valence-electron chi connectivity index (χ2n) is 11.4. The van der Waals surface area contributed by atoms with Crippen molar-refractivity contribution in [1.82, 2.24) is 0 Å². The fraction of sp³-hybridized carbons (Fsp3) is 0.467. The highest BCUT2D eigenvalue weighted by Gasteiger charge is 2.42. The molecule has 0 aromatic heterocycles. The lowest BCUT2D eigenvalue weighted by Gasteiger charge is -2.32. The Morgan fingerprint density at radius 2 is 0.939 bits per heavy atom. The van der Waals surface area contributed by atoms with Crippen LogP contribution < -0.4 is 0 Å². The number of fused-ring (bicyclic) bond motifs is 6. The zero-order chi connectivity index (χ0) is 23.1. The first-order valence-electron chi connectivity index (χ1n) is 12.9. The quantitative estimate of drug-likeness (QED) is 0.310. The molecule has 0 aliphatic heterocycles. The van der Waals surface area contributed by atoms with Crippen molar-refractivity contribution in [3.8, 4) is 0 Å². The van der Waals surface area contributed by atoms with Crippen molar-refractivity contribution in [2.24, 2.45) is 0 Å². The van der Waals surface area contributed by atoms with Crippen LogP contribution in [0.3, 0.4) is 0 Å². The highest BCUT2D eigenvalue weighted by atomic mass is 79.9. The summed E-state index contributed by atoms with van der Waals surface area (Å²) in [7, 11) is -1.88. The van der Waals surface area contributed by atoms with Gasteiger partial charge in [-0.25, -0.2) is 0 Å². The minimum Gasteiger partial charge on any atom is -0.0686 e. The molecule has 6 rings (SSSR count). The van der Waals surface area contributed by atoms with E-state index < -0.39 is 8.07 Å². The normalized spacial score (nSPS) is 19.6. The molecule has 0 atom stereocenters. The molecule has 0 heterocycles. The van der Waals surface area contributed by atoms with Crippen molar-refractivity contribution in [1.29, 1.82) is 0 Å². The average molecular weight is 582 g/mol. The van der Waals surface area contributed by atoms with Crippen molar-refractivity contribution >= 4 is 50.3 Å². The summed E-state index contributed by atoms with van der Waals surface area (Å²) in [6.45, 7) is 10.1. The van der Waals surface area contributed by atoms with Gasteiger partial charge in [-0.05, 0) is 145 Å². The summed E-state index contributed by atoms with van der Waals surface area (Å²) in [5.41, 5.74) is 16.4. The standard InChI is InChI=1S/C30H34Br2Si/c1-17-13-23-19-9-5-7-11-21(19)27(31)15-25(23)29(17)33(3,4)30-18(2)14-24-20-10-6-8-12-22(20)28(32)16-26(24)30/h15-16H,5-14H2,1-4H3. The second kappa shape index (κ2) is 8.07. The maximum absolute atomic E-state index is 4.00. The van der Waals surface area contributed by atoms with Crippen LogP contribution in [0.1, 0.15) is 84.0 Å². The first-order valence-corrected chi connectivity index (χ1v) is 17.4. The first-order chi connectivity index (χ1) is 15.8. The Morgan fingerprint density at radius 1 is 0.576 bits per heavy atom. The molecule has 3 heteroatoms. The van der Waals surface area contributed by atoms with E-state index in [1.807, 2.05) is 0 Å². The Morgan fingerprint density at radius 3 is 1.33 bits per heavy atom. The zero-order valence-corrected chi connectivity index (χ0v) is 24.7. The fourth-order valence-corrected chi connectivity index (χ4v) is 13.5. The Balaban J connectivity index is 1.51. The van der Waals surface area contributed by atoms with Gasteiger partial charge in [0.05, 0.1) is 0 Å². The lowest BCUT2D eigenvalue weighted by Crippen LogP contribution is -2.31. The van der Waals surface area contributed by atoms with Crippen LogP contribution in [-0.4, -0.2) is 8.07 Å². The van der Waals surface area contributed by atoms with Crippen LogP contribution in [0.15, 0.2) is 32.2 Å². The monoisotopic (exact) mass is 580 g/mol. The Kier molecular flexibility index (Phi) is 5.51. The Hall–Kier alpha value is -0.903. The molecule has 0 amide bonds. The summed E-state index contributed by atoms with van der Waals surface area (Å²) in [5, 5.41) is 3.45. The van der Waals surface area contributed by atoms with Crippen LogP contribution in [0, 0.1) is 0 Å². The molecule has 4 aliphatic carbocycles. The summed E-state index contributed by atoms with van der Waals surface area (Å²) in [4.78, 5) is 0. The van der Waals surface area contributed by atoms with Crippen LogP contribution >= 0.6 is 31.9 Å². The Bertz CT molecular complexity index is 1180. The average Bonchev–Trinajstić information content (AvgIpc) is 3.31. The molecule has 0 saturated heterocycles. The van der Waals surface area contributed by atoms with E-state index in [9.17, 15) is 0 Å². The summed E-state index contributed by atoms with van der Waals surface area (Å²) >= 11 is 7.99. The molecule has 0 unspecified atom stereocenters. The molecule has 0 bridgehead atoms. The molecule has 0 saturated carbocycles. The number of rotatable bonds is 2. The summed E-state index contributed by atoms with van der Waals surface area (Å²) in [6.07, 6.45) is 12.7. The highest BCUT2D eigenvalue weighted by Crippen LogP contribution is 2.52. The van der Waals surface area contributed by atoms with Gasteiger partial charge in [0, 0.05) is 8.95 Å². The van der Waals surface area contributed by atoms with Gasteiger partial charge in [0.25, 0.3) is 0 Å². The molecule has 2 aromatic rings. The van der Waals surface area contributed by atoms with Gasteiger partial charge in [-0.1, -0.05) is 56.1 Å². The van der Waals surface area contributed by atoms with Crippen molar-refractivity contribution < 1.29 is 0 Å². The minimum absolute atomic E-state index is 1.17. The van der Waals surface area contributed by atoms with E-state index in [1.165, 1.54) is 73.2 Å².